The van der Waals surface area contributed by atoms with Crippen molar-refractivity contribution in [2.24, 2.45) is 0 Å². The second-order valence-corrected chi connectivity index (χ2v) is 7.73. The second-order valence-electron chi connectivity index (χ2n) is 7.73. The minimum absolute atomic E-state index is 0.701. The maximum absolute atomic E-state index is 5.76. The zero-order valence-electron chi connectivity index (χ0n) is 17.5. The van der Waals surface area contributed by atoms with Crippen molar-refractivity contribution >= 4 is 46.4 Å². The summed E-state index contributed by atoms with van der Waals surface area (Å²) in [5, 5.41) is 0. The number of aromatic nitrogens is 4. The molecule has 0 radical (unpaired) electrons. The fraction of sp³-hybridized carbons (Fsp3) is 0.0370. The summed E-state index contributed by atoms with van der Waals surface area (Å²) in [5.41, 5.74) is 9.41. The third-order valence-corrected chi connectivity index (χ3v) is 5.62. The molecule has 0 unspecified atom stereocenters. The van der Waals surface area contributed by atoms with Gasteiger partial charge >= 0.3 is 0 Å². The van der Waals surface area contributed by atoms with Gasteiger partial charge in [-0.25, -0.2) is 9.97 Å². The van der Waals surface area contributed by atoms with Crippen LogP contribution in [0.15, 0.2) is 66.7 Å². The van der Waals surface area contributed by atoms with Crippen molar-refractivity contribution < 1.29 is 4.74 Å². The number of nitrogens with zero attached hydrogens (tertiary/aromatic N) is 2. The van der Waals surface area contributed by atoms with Gasteiger partial charge in [-0.2, -0.15) is 0 Å². The first-order valence-electron chi connectivity index (χ1n) is 10.5. The number of aromatic amines is 2. The van der Waals surface area contributed by atoms with Crippen molar-refractivity contribution in [3.05, 3.63) is 89.5 Å². The lowest BCUT2D eigenvalue weighted by Gasteiger charge is -2.03. The van der Waals surface area contributed by atoms with Gasteiger partial charge in [0, 0.05) is 22.1 Å². The van der Waals surface area contributed by atoms with Gasteiger partial charge < -0.3 is 14.7 Å². The summed E-state index contributed by atoms with van der Waals surface area (Å²) < 4.78 is 5.76. The van der Waals surface area contributed by atoms with Crippen LogP contribution in [0.4, 0.5) is 0 Å². The quantitative estimate of drug-likeness (QED) is 0.346. The average molecular weight is 416 g/mol. The Hall–Kier alpha value is -4.38. The Bertz CT molecular complexity index is 1560. The number of hydrogen-bond acceptors (Lipinski definition) is 3. The van der Waals surface area contributed by atoms with Crippen LogP contribution in [-0.2, 0) is 0 Å². The molecule has 1 aromatic carbocycles. The first kappa shape index (κ1) is 18.4. The fourth-order valence-corrected chi connectivity index (χ4v) is 4.17. The van der Waals surface area contributed by atoms with Crippen molar-refractivity contribution in [3.63, 3.8) is 0 Å². The van der Waals surface area contributed by atoms with Crippen molar-refractivity contribution in [1.29, 1.82) is 0 Å². The van der Waals surface area contributed by atoms with Gasteiger partial charge in [-0.1, -0.05) is 30.3 Å². The minimum Gasteiger partial charge on any atom is -0.492 e. The van der Waals surface area contributed by atoms with Crippen LogP contribution in [0, 0.1) is 0 Å². The molecular formula is C27H20N4O. The van der Waals surface area contributed by atoms with Crippen LogP contribution >= 0.6 is 0 Å². The molecule has 4 aromatic rings. The van der Waals surface area contributed by atoms with Crippen LogP contribution < -0.4 is 4.74 Å². The molecule has 0 saturated heterocycles. The van der Waals surface area contributed by atoms with E-state index in [0.717, 1.165) is 56.0 Å². The smallest absolute Gasteiger partial charge is 0.167 e. The Morgan fingerprint density at radius 1 is 0.656 bits per heavy atom. The monoisotopic (exact) mass is 416 g/mol. The molecule has 5 nitrogen and oxygen atoms in total. The van der Waals surface area contributed by atoms with Gasteiger partial charge in [0.05, 0.1) is 29.7 Å². The third kappa shape index (κ3) is 3.20. The van der Waals surface area contributed by atoms with E-state index < -0.39 is 0 Å². The largest absolute Gasteiger partial charge is 0.492 e. The first-order valence-corrected chi connectivity index (χ1v) is 10.5. The molecule has 0 amide bonds. The Balaban J connectivity index is 1.76. The fourth-order valence-electron chi connectivity index (χ4n) is 4.17. The summed E-state index contributed by atoms with van der Waals surface area (Å²) in [6, 6.07) is 22.6. The number of benzene rings is 1. The Morgan fingerprint density at radius 3 is 2.03 bits per heavy atom. The molecule has 2 aliphatic rings. The summed E-state index contributed by atoms with van der Waals surface area (Å²) >= 11 is 0. The van der Waals surface area contributed by atoms with Crippen LogP contribution in [-0.4, -0.2) is 27.0 Å². The van der Waals surface area contributed by atoms with E-state index in [4.69, 9.17) is 14.7 Å². The number of methoxy groups -OCH3 is 1. The maximum atomic E-state index is 5.76. The highest BCUT2D eigenvalue weighted by Crippen LogP contribution is 2.32. The van der Waals surface area contributed by atoms with Crippen molar-refractivity contribution in [3.8, 4) is 16.9 Å². The Kier molecular flexibility index (Phi) is 4.25. The second kappa shape index (κ2) is 7.39. The van der Waals surface area contributed by atoms with E-state index in [2.05, 4.69) is 40.3 Å². The molecule has 0 saturated carbocycles. The molecule has 5 heteroatoms. The molecule has 5 heterocycles. The van der Waals surface area contributed by atoms with E-state index in [0.29, 0.717) is 5.75 Å². The molecule has 0 atom stereocenters. The molecule has 32 heavy (non-hydrogen) atoms. The van der Waals surface area contributed by atoms with Crippen LogP contribution in [0.5, 0.6) is 5.75 Å². The molecule has 6 rings (SSSR count). The standard InChI is InChI=1S/C27H20N4O/c1-32-27-24-12-10-21(30-24)16-19-8-7-18(28-19)15-20-9-11-22(29-20)26(17-5-3-2-4-6-17)23-13-14-25(27)31-23/h2-16,29-30H,1H3. The van der Waals surface area contributed by atoms with Gasteiger partial charge in [-0.05, 0) is 66.3 Å². The van der Waals surface area contributed by atoms with Gasteiger partial charge in [0.2, 0.25) is 0 Å². The Morgan fingerprint density at radius 2 is 1.31 bits per heavy atom. The number of H-pyrrole nitrogens is 2. The molecule has 0 spiro atoms. The topological polar surface area (TPSA) is 66.6 Å². The van der Waals surface area contributed by atoms with E-state index in [1.807, 2.05) is 60.7 Å². The average Bonchev–Trinajstić information content (AvgIpc) is 3.60. The molecule has 0 fully saturated rings. The number of fused-ring (bicyclic) bond motifs is 8. The van der Waals surface area contributed by atoms with E-state index in [-0.39, 0.29) is 0 Å². The molecule has 3 aromatic heterocycles. The lowest BCUT2D eigenvalue weighted by atomic mass is 10.0. The van der Waals surface area contributed by atoms with Gasteiger partial charge in [0.1, 0.15) is 5.69 Å². The maximum Gasteiger partial charge on any atom is 0.167 e. The molecule has 2 aliphatic heterocycles. The third-order valence-electron chi connectivity index (χ3n) is 5.62. The van der Waals surface area contributed by atoms with Crippen molar-refractivity contribution in [2.45, 2.75) is 0 Å². The molecule has 154 valence electrons. The SMILES string of the molecule is COc1c2nc(c(-c3ccccc3)c3ccc(cc4nc(cc5ccc1[nH]5)C=C4)[nH]3)C=C2. The summed E-state index contributed by atoms with van der Waals surface area (Å²) in [5.74, 6) is 0.701. The lowest BCUT2D eigenvalue weighted by Crippen LogP contribution is -1.89. The normalized spacial score (nSPS) is 12.3. The molecule has 0 aliphatic carbocycles. The number of hydrogen-bond donors (Lipinski definition) is 2. The highest BCUT2D eigenvalue weighted by Gasteiger charge is 2.13. The van der Waals surface area contributed by atoms with Gasteiger partial charge in [-0.15, -0.1) is 0 Å². The summed E-state index contributed by atoms with van der Waals surface area (Å²) in [6.45, 7) is 0. The van der Waals surface area contributed by atoms with Gasteiger partial charge in [0.25, 0.3) is 0 Å². The number of rotatable bonds is 2. The zero-order valence-corrected chi connectivity index (χ0v) is 17.5. The molecular weight excluding hydrogens is 396 g/mol. The molecule has 2 N–H and O–H groups in total. The summed E-state index contributed by atoms with van der Waals surface area (Å²) in [7, 11) is 1.67. The van der Waals surface area contributed by atoms with Crippen LogP contribution in [0.2, 0.25) is 0 Å². The van der Waals surface area contributed by atoms with E-state index in [9.17, 15) is 0 Å². The highest BCUT2D eigenvalue weighted by atomic mass is 16.5. The van der Waals surface area contributed by atoms with E-state index in [1.165, 1.54) is 0 Å². The van der Waals surface area contributed by atoms with Crippen LogP contribution in [0.1, 0.15) is 22.8 Å². The van der Waals surface area contributed by atoms with Gasteiger partial charge in [-0.3, -0.25) is 0 Å². The van der Waals surface area contributed by atoms with E-state index >= 15 is 0 Å². The lowest BCUT2D eigenvalue weighted by molar-refractivity contribution is 0.416. The zero-order chi connectivity index (χ0) is 21.5. The van der Waals surface area contributed by atoms with Crippen molar-refractivity contribution in [2.75, 3.05) is 7.11 Å². The van der Waals surface area contributed by atoms with Gasteiger partial charge in [0.15, 0.2) is 5.75 Å². The number of ether oxygens (including phenoxy) is 1. The minimum atomic E-state index is 0.701. The summed E-state index contributed by atoms with van der Waals surface area (Å²) in [4.78, 5) is 16.6. The van der Waals surface area contributed by atoms with Crippen molar-refractivity contribution in [1.82, 2.24) is 19.9 Å². The van der Waals surface area contributed by atoms with E-state index in [1.54, 1.807) is 7.11 Å². The van der Waals surface area contributed by atoms with Crippen LogP contribution in [0.3, 0.4) is 0 Å². The predicted molar refractivity (Wildman–Crippen MR) is 131 cm³/mol. The predicted octanol–water partition coefficient (Wildman–Crippen LogP) is 6.33. The van der Waals surface area contributed by atoms with Crippen LogP contribution in [0.25, 0.3) is 57.5 Å². The first-order chi connectivity index (χ1) is 15.8. The summed E-state index contributed by atoms with van der Waals surface area (Å²) in [6.07, 6.45) is 8.08. The highest BCUT2D eigenvalue weighted by molar-refractivity contribution is 5.92. The number of nitrogens with one attached hydrogen (secondary N) is 2. The molecule has 8 bridgehead atoms. The Labute approximate surface area is 184 Å².